The van der Waals surface area contributed by atoms with Crippen molar-refractivity contribution in [3.63, 3.8) is 0 Å². The summed E-state index contributed by atoms with van der Waals surface area (Å²) in [4.78, 5) is 4.09. The fraction of sp³-hybridized carbons (Fsp3) is 0.500. The Hall–Kier alpha value is -1.12. The molecule has 3 heteroatoms. The third-order valence-electron chi connectivity index (χ3n) is 1.54. The number of rotatable bonds is 1. The van der Waals surface area contributed by atoms with E-state index in [4.69, 9.17) is 0 Å². The number of nitrogens with zero attached hydrogens (tertiary/aromatic N) is 3. The van der Waals surface area contributed by atoms with Crippen molar-refractivity contribution < 1.29 is 0 Å². The van der Waals surface area contributed by atoms with Crippen LogP contribution >= 0.6 is 0 Å². The quantitative estimate of drug-likeness (QED) is 0.554. The first-order valence-electron chi connectivity index (χ1n) is 3.66. The lowest BCUT2D eigenvalue weighted by molar-refractivity contribution is 0.378. The van der Waals surface area contributed by atoms with E-state index >= 15 is 0 Å². The number of hydrogen-bond acceptors (Lipinski definition) is 2. The van der Waals surface area contributed by atoms with Crippen molar-refractivity contribution in [2.45, 2.75) is 19.9 Å². The van der Waals surface area contributed by atoms with Gasteiger partial charge in [-0.15, -0.1) is 0 Å². The van der Waals surface area contributed by atoms with Crippen LogP contribution in [0.5, 0.6) is 0 Å². The van der Waals surface area contributed by atoms with Gasteiger partial charge in [-0.25, -0.2) is 5.01 Å². The van der Waals surface area contributed by atoms with E-state index in [1.54, 1.807) is 13.3 Å². The van der Waals surface area contributed by atoms with Gasteiger partial charge in [-0.2, -0.15) is 5.10 Å². The smallest absolute Gasteiger partial charge is 0.152 e. The van der Waals surface area contributed by atoms with Gasteiger partial charge >= 0.3 is 0 Å². The summed E-state index contributed by atoms with van der Waals surface area (Å²) in [7, 11) is 1.75. The van der Waals surface area contributed by atoms with Crippen LogP contribution in [0.1, 0.15) is 13.8 Å². The van der Waals surface area contributed by atoms with E-state index in [-0.39, 0.29) is 0 Å². The Balaban J connectivity index is 2.86. The molecule has 1 aliphatic heterocycles. The Kier molecular flexibility index (Phi) is 2.08. The largest absolute Gasteiger partial charge is 0.270 e. The van der Waals surface area contributed by atoms with Crippen LogP contribution in [0.4, 0.5) is 0 Å². The van der Waals surface area contributed by atoms with Crippen LogP contribution in [0.3, 0.4) is 0 Å². The van der Waals surface area contributed by atoms with Gasteiger partial charge in [-0.3, -0.25) is 4.99 Å². The first-order chi connectivity index (χ1) is 5.16. The predicted molar refractivity (Wildman–Crippen MR) is 48.0 cm³/mol. The number of aliphatic imine (C=N–C) groups is 1. The van der Waals surface area contributed by atoms with Gasteiger partial charge in [0, 0.05) is 18.7 Å². The summed E-state index contributed by atoms with van der Waals surface area (Å²) in [6, 6.07) is 0.351. The molecule has 0 atom stereocenters. The van der Waals surface area contributed by atoms with E-state index in [0.717, 1.165) is 11.4 Å². The topological polar surface area (TPSA) is 28.0 Å². The predicted octanol–water partition coefficient (Wildman–Crippen LogP) is 1.28. The highest BCUT2D eigenvalue weighted by Crippen LogP contribution is 2.12. The minimum atomic E-state index is 0.351. The van der Waals surface area contributed by atoms with Crippen LogP contribution < -0.4 is 0 Å². The Morgan fingerprint density at radius 1 is 1.64 bits per heavy atom. The van der Waals surface area contributed by atoms with Gasteiger partial charge in [0.1, 0.15) is 0 Å². The Bertz CT molecular complexity index is 225. The molecule has 0 amide bonds. The summed E-state index contributed by atoms with van der Waals surface area (Å²) >= 11 is 0. The van der Waals surface area contributed by atoms with E-state index in [1.807, 2.05) is 5.01 Å². The molecule has 0 aliphatic carbocycles. The molecule has 0 aromatic rings. The minimum Gasteiger partial charge on any atom is -0.270 e. The van der Waals surface area contributed by atoms with E-state index in [2.05, 4.69) is 30.5 Å². The van der Waals surface area contributed by atoms with Crippen molar-refractivity contribution in [1.29, 1.82) is 0 Å². The monoisotopic (exact) mass is 151 g/mol. The zero-order valence-corrected chi connectivity index (χ0v) is 7.20. The van der Waals surface area contributed by atoms with Crippen LogP contribution in [-0.4, -0.2) is 30.1 Å². The van der Waals surface area contributed by atoms with Crippen LogP contribution in [0.2, 0.25) is 0 Å². The molecule has 0 radical (unpaired) electrons. The molecular weight excluding hydrogens is 138 g/mol. The van der Waals surface area contributed by atoms with Crippen molar-refractivity contribution in [1.82, 2.24) is 5.01 Å². The molecule has 0 saturated carbocycles. The van der Waals surface area contributed by atoms with Crippen molar-refractivity contribution in [3.05, 3.63) is 12.2 Å². The second-order valence-corrected chi connectivity index (χ2v) is 2.76. The molecule has 1 rings (SSSR count). The van der Waals surface area contributed by atoms with Crippen LogP contribution in [0.25, 0.3) is 0 Å². The number of amidine groups is 1. The number of hydrazone groups is 1. The summed E-state index contributed by atoms with van der Waals surface area (Å²) in [6.45, 7) is 7.96. The van der Waals surface area contributed by atoms with Crippen molar-refractivity contribution in [2.75, 3.05) is 7.05 Å². The standard InChI is InChI=1S/C8H13N3/c1-6(2)11-8(9-4)7(3)5-10-11/h5-6H,3H2,1-2,4H3/b9-8+. The van der Waals surface area contributed by atoms with E-state index in [0.29, 0.717) is 6.04 Å². The van der Waals surface area contributed by atoms with Gasteiger partial charge in [-0.05, 0) is 13.8 Å². The highest BCUT2D eigenvalue weighted by molar-refractivity contribution is 6.17. The summed E-state index contributed by atoms with van der Waals surface area (Å²) in [5, 5.41) is 6.01. The summed E-state index contributed by atoms with van der Waals surface area (Å²) in [5.74, 6) is 0.875. The van der Waals surface area contributed by atoms with Crippen LogP contribution in [0, 0.1) is 0 Å². The molecule has 0 aromatic heterocycles. The van der Waals surface area contributed by atoms with E-state index in [9.17, 15) is 0 Å². The van der Waals surface area contributed by atoms with Crippen molar-refractivity contribution >= 4 is 12.1 Å². The maximum atomic E-state index is 4.15. The van der Waals surface area contributed by atoms with Gasteiger partial charge in [0.05, 0.1) is 6.21 Å². The third kappa shape index (κ3) is 1.31. The van der Waals surface area contributed by atoms with Gasteiger partial charge in [0.15, 0.2) is 5.84 Å². The fourth-order valence-electron chi connectivity index (χ4n) is 1.02. The molecule has 0 fully saturated rings. The van der Waals surface area contributed by atoms with Gasteiger partial charge in [0.25, 0.3) is 0 Å². The first-order valence-corrected chi connectivity index (χ1v) is 3.66. The summed E-state index contributed by atoms with van der Waals surface area (Å²) in [6.07, 6.45) is 1.74. The molecule has 11 heavy (non-hydrogen) atoms. The van der Waals surface area contributed by atoms with Crippen LogP contribution in [-0.2, 0) is 0 Å². The molecular formula is C8H13N3. The molecule has 60 valence electrons. The SMILES string of the molecule is C=C1C=NN(C(C)C)/C1=N/C. The zero-order valence-electron chi connectivity index (χ0n) is 7.20. The minimum absolute atomic E-state index is 0.351. The molecule has 0 spiro atoms. The van der Waals surface area contributed by atoms with Crippen molar-refractivity contribution in [3.8, 4) is 0 Å². The van der Waals surface area contributed by atoms with E-state index < -0.39 is 0 Å². The highest BCUT2D eigenvalue weighted by Gasteiger charge is 2.19. The molecule has 0 unspecified atom stereocenters. The Morgan fingerprint density at radius 2 is 2.27 bits per heavy atom. The molecule has 1 aliphatic rings. The second-order valence-electron chi connectivity index (χ2n) is 2.76. The Morgan fingerprint density at radius 3 is 2.64 bits per heavy atom. The maximum Gasteiger partial charge on any atom is 0.152 e. The highest BCUT2D eigenvalue weighted by atomic mass is 15.5. The van der Waals surface area contributed by atoms with E-state index in [1.165, 1.54) is 0 Å². The fourth-order valence-corrected chi connectivity index (χ4v) is 1.02. The average molecular weight is 151 g/mol. The normalized spacial score (nSPS) is 20.9. The first kappa shape index (κ1) is 7.98. The molecule has 0 saturated heterocycles. The molecule has 0 bridgehead atoms. The van der Waals surface area contributed by atoms with Gasteiger partial charge < -0.3 is 0 Å². The summed E-state index contributed by atoms with van der Waals surface area (Å²) in [5.41, 5.74) is 0.890. The van der Waals surface area contributed by atoms with Crippen molar-refractivity contribution in [2.24, 2.45) is 10.1 Å². The van der Waals surface area contributed by atoms with Gasteiger partial charge in [0.2, 0.25) is 0 Å². The summed E-state index contributed by atoms with van der Waals surface area (Å²) < 4.78 is 0. The maximum absolute atomic E-state index is 4.15. The zero-order chi connectivity index (χ0) is 8.43. The lowest BCUT2D eigenvalue weighted by Crippen LogP contribution is -2.28. The average Bonchev–Trinajstić information content (AvgIpc) is 2.30. The molecule has 1 heterocycles. The molecule has 0 N–H and O–H groups in total. The second kappa shape index (κ2) is 2.86. The molecule has 0 aromatic carbocycles. The lowest BCUT2D eigenvalue weighted by atomic mass is 10.3. The lowest BCUT2D eigenvalue weighted by Gasteiger charge is -2.18. The third-order valence-corrected chi connectivity index (χ3v) is 1.54. The Labute approximate surface area is 67.1 Å². The van der Waals surface area contributed by atoms with Crippen LogP contribution in [0.15, 0.2) is 22.2 Å². The molecule has 3 nitrogen and oxygen atoms in total. The number of hydrogen-bond donors (Lipinski definition) is 0. The van der Waals surface area contributed by atoms with Gasteiger partial charge in [-0.1, -0.05) is 6.58 Å².